The third-order valence-corrected chi connectivity index (χ3v) is 2.59. The van der Waals surface area contributed by atoms with Crippen molar-refractivity contribution in [3.8, 4) is 0 Å². The van der Waals surface area contributed by atoms with Crippen molar-refractivity contribution in [3.05, 3.63) is 18.0 Å². The molecule has 1 amide bonds. The van der Waals surface area contributed by atoms with Crippen LogP contribution in [0.5, 0.6) is 0 Å². The number of nitrogens with zero attached hydrogens (tertiary/aromatic N) is 2. The fourth-order valence-electron chi connectivity index (χ4n) is 1.68. The zero-order valence-corrected chi connectivity index (χ0v) is 11.3. The second-order valence-electron chi connectivity index (χ2n) is 4.30. The van der Waals surface area contributed by atoms with Crippen molar-refractivity contribution in [1.29, 1.82) is 0 Å². The number of amides is 1. The largest absolute Gasteiger partial charge is 0.383 e. The van der Waals surface area contributed by atoms with Crippen LogP contribution >= 0.6 is 0 Å². The van der Waals surface area contributed by atoms with Crippen LogP contribution in [-0.4, -0.2) is 48.5 Å². The molecule has 102 valence electrons. The van der Waals surface area contributed by atoms with E-state index in [1.807, 2.05) is 24.7 Å². The summed E-state index contributed by atoms with van der Waals surface area (Å²) >= 11 is 0. The highest BCUT2D eigenvalue weighted by Crippen LogP contribution is 1.95. The molecule has 0 aliphatic heterocycles. The molecule has 1 unspecified atom stereocenters. The summed E-state index contributed by atoms with van der Waals surface area (Å²) in [6, 6.07) is 2.02. The van der Waals surface area contributed by atoms with E-state index in [9.17, 15) is 4.79 Å². The molecule has 1 aromatic rings. The minimum Gasteiger partial charge on any atom is -0.383 e. The lowest BCUT2D eigenvalue weighted by Gasteiger charge is -2.13. The zero-order valence-electron chi connectivity index (χ0n) is 11.3. The fraction of sp³-hybridized carbons (Fsp3) is 0.667. The van der Waals surface area contributed by atoms with E-state index in [1.165, 1.54) is 0 Å². The maximum atomic E-state index is 11.5. The van der Waals surface area contributed by atoms with Crippen molar-refractivity contribution in [1.82, 2.24) is 20.4 Å². The second kappa shape index (κ2) is 7.84. The third kappa shape index (κ3) is 5.29. The van der Waals surface area contributed by atoms with E-state index in [0.29, 0.717) is 13.2 Å². The van der Waals surface area contributed by atoms with Crippen LogP contribution in [0.3, 0.4) is 0 Å². The van der Waals surface area contributed by atoms with Crippen molar-refractivity contribution >= 4 is 5.91 Å². The molecule has 0 aliphatic rings. The molecule has 1 rings (SSSR count). The third-order valence-electron chi connectivity index (χ3n) is 2.59. The smallest absolute Gasteiger partial charge is 0.234 e. The summed E-state index contributed by atoms with van der Waals surface area (Å²) in [5.41, 5.74) is 1.15. The number of carbonyl (C=O) groups is 1. The minimum absolute atomic E-state index is 0.00967. The van der Waals surface area contributed by atoms with E-state index in [2.05, 4.69) is 15.7 Å². The molecule has 6 heteroatoms. The van der Waals surface area contributed by atoms with Gasteiger partial charge in [-0.3, -0.25) is 9.48 Å². The van der Waals surface area contributed by atoms with Gasteiger partial charge in [-0.2, -0.15) is 5.10 Å². The molecule has 0 bridgehead atoms. The molecule has 0 spiro atoms. The Morgan fingerprint density at radius 2 is 2.39 bits per heavy atom. The standard InChI is InChI=1S/C12H22N4O2/c1-10(9-18-3)15-12(17)8-13-6-4-11-5-7-14-16(11)2/h5,7,10,13H,4,6,8-9H2,1-3H3,(H,15,17). The van der Waals surface area contributed by atoms with Crippen LogP contribution in [0.15, 0.2) is 12.3 Å². The van der Waals surface area contributed by atoms with E-state index in [0.717, 1.165) is 18.7 Å². The van der Waals surface area contributed by atoms with Gasteiger partial charge in [-0.25, -0.2) is 0 Å². The van der Waals surface area contributed by atoms with Gasteiger partial charge in [0.25, 0.3) is 0 Å². The van der Waals surface area contributed by atoms with Crippen molar-refractivity contribution in [2.24, 2.45) is 7.05 Å². The molecule has 1 heterocycles. The first-order valence-electron chi connectivity index (χ1n) is 6.09. The summed E-state index contributed by atoms with van der Waals surface area (Å²) < 4.78 is 6.78. The number of hydrogen-bond acceptors (Lipinski definition) is 4. The number of aryl methyl sites for hydroxylation is 1. The molecular weight excluding hydrogens is 232 g/mol. The van der Waals surface area contributed by atoms with Crippen LogP contribution in [0.4, 0.5) is 0 Å². The normalized spacial score (nSPS) is 12.4. The van der Waals surface area contributed by atoms with E-state index in [-0.39, 0.29) is 11.9 Å². The Balaban J connectivity index is 2.11. The average molecular weight is 254 g/mol. The summed E-state index contributed by atoms with van der Waals surface area (Å²) in [4.78, 5) is 11.5. The highest BCUT2D eigenvalue weighted by atomic mass is 16.5. The quantitative estimate of drug-likeness (QED) is 0.625. The number of aromatic nitrogens is 2. The van der Waals surface area contributed by atoms with Crippen LogP contribution in [-0.2, 0) is 23.0 Å². The molecule has 0 aliphatic carbocycles. The predicted octanol–water partition coefficient (Wildman–Crippen LogP) is -0.297. The molecule has 0 radical (unpaired) electrons. The number of carbonyl (C=O) groups excluding carboxylic acids is 1. The summed E-state index contributed by atoms with van der Waals surface area (Å²) in [5, 5.41) is 10.0. The van der Waals surface area contributed by atoms with Gasteiger partial charge >= 0.3 is 0 Å². The molecule has 18 heavy (non-hydrogen) atoms. The maximum Gasteiger partial charge on any atom is 0.234 e. The zero-order chi connectivity index (χ0) is 13.4. The van der Waals surface area contributed by atoms with Gasteiger partial charge in [0, 0.05) is 45.1 Å². The SMILES string of the molecule is COCC(C)NC(=O)CNCCc1ccnn1C. The molecule has 1 atom stereocenters. The topological polar surface area (TPSA) is 68.2 Å². The van der Waals surface area contributed by atoms with Gasteiger partial charge in [-0.15, -0.1) is 0 Å². The molecule has 2 N–H and O–H groups in total. The minimum atomic E-state index is -0.00967. The van der Waals surface area contributed by atoms with Gasteiger partial charge < -0.3 is 15.4 Å². The predicted molar refractivity (Wildman–Crippen MR) is 69.3 cm³/mol. The summed E-state index contributed by atoms with van der Waals surface area (Å²) in [7, 11) is 3.53. The Labute approximate surface area is 108 Å². The number of nitrogens with one attached hydrogen (secondary N) is 2. The Morgan fingerprint density at radius 1 is 1.61 bits per heavy atom. The first-order valence-corrected chi connectivity index (χ1v) is 6.09. The fourth-order valence-corrected chi connectivity index (χ4v) is 1.68. The number of hydrogen-bond donors (Lipinski definition) is 2. The van der Waals surface area contributed by atoms with Gasteiger partial charge in [-0.05, 0) is 13.0 Å². The highest BCUT2D eigenvalue weighted by Gasteiger charge is 2.06. The Kier molecular flexibility index (Phi) is 6.38. The van der Waals surface area contributed by atoms with Gasteiger partial charge in [0.15, 0.2) is 0 Å². The molecule has 1 aromatic heterocycles. The maximum absolute atomic E-state index is 11.5. The van der Waals surface area contributed by atoms with Crippen LogP contribution in [0.2, 0.25) is 0 Å². The molecule has 0 saturated heterocycles. The van der Waals surface area contributed by atoms with E-state index in [1.54, 1.807) is 13.3 Å². The molecule has 0 saturated carbocycles. The monoisotopic (exact) mass is 254 g/mol. The van der Waals surface area contributed by atoms with Gasteiger partial charge in [-0.1, -0.05) is 0 Å². The Morgan fingerprint density at radius 3 is 3.00 bits per heavy atom. The summed E-state index contributed by atoms with van der Waals surface area (Å²) in [5.74, 6) is -0.00967. The van der Waals surface area contributed by atoms with E-state index < -0.39 is 0 Å². The van der Waals surface area contributed by atoms with Gasteiger partial charge in [0.05, 0.1) is 13.2 Å². The first-order chi connectivity index (χ1) is 8.63. The van der Waals surface area contributed by atoms with Gasteiger partial charge in [0.2, 0.25) is 5.91 Å². The number of ether oxygens (including phenoxy) is 1. The van der Waals surface area contributed by atoms with Gasteiger partial charge in [0.1, 0.15) is 0 Å². The van der Waals surface area contributed by atoms with E-state index >= 15 is 0 Å². The van der Waals surface area contributed by atoms with Crippen molar-refractivity contribution in [2.45, 2.75) is 19.4 Å². The molecule has 0 aromatic carbocycles. The second-order valence-corrected chi connectivity index (χ2v) is 4.30. The molecule has 6 nitrogen and oxygen atoms in total. The highest BCUT2D eigenvalue weighted by molar-refractivity contribution is 5.78. The van der Waals surface area contributed by atoms with Crippen LogP contribution in [0, 0.1) is 0 Å². The Hall–Kier alpha value is -1.40. The lowest BCUT2D eigenvalue weighted by molar-refractivity contribution is -0.121. The molecular formula is C12H22N4O2. The Bertz CT molecular complexity index is 365. The lowest BCUT2D eigenvalue weighted by Crippen LogP contribution is -2.41. The van der Waals surface area contributed by atoms with E-state index in [4.69, 9.17) is 4.74 Å². The van der Waals surface area contributed by atoms with Crippen molar-refractivity contribution in [3.63, 3.8) is 0 Å². The first kappa shape index (κ1) is 14.7. The van der Waals surface area contributed by atoms with Crippen molar-refractivity contribution in [2.75, 3.05) is 26.8 Å². The number of methoxy groups -OCH3 is 1. The van der Waals surface area contributed by atoms with Crippen LogP contribution in [0.1, 0.15) is 12.6 Å². The molecule has 0 fully saturated rings. The van der Waals surface area contributed by atoms with Crippen LogP contribution in [0.25, 0.3) is 0 Å². The average Bonchev–Trinajstić information content (AvgIpc) is 2.71. The summed E-state index contributed by atoms with van der Waals surface area (Å²) in [6.45, 7) is 3.52. The van der Waals surface area contributed by atoms with Crippen molar-refractivity contribution < 1.29 is 9.53 Å². The lowest BCUT2D eigenvalue weighted by atomic mass is 10.3. The summed E-state index contributed by atoms with van der Waals surface area (Å²) in [6.07, 6.45) is 2.63. The van der Waals surface area contributed by atoms with Crippen LogP contribution < -0.4 is 10.6 Å². The number of rotatable bonds is 8.